The summed E-state index contributed by atoms with van der Waals surface area (Å²) in [6.07, 6.45) is -81.9. The van der Waals surface area contributed by atoms with Crippen LogP contribution in [-0.4, -0.2) is 85.2 Å². The first-order valence-electron chi connectivity index (χ1n) is 9.46. The SMILES string of the molecule is F[C@@H](OC(F)(F)[C@@](F)(OC(F)(F)[C@@](F)(OC(F)(F)[C@@](F)(OC(F)(F)C(F)(F)C(F)(F)F)C(F)(F)F)C(F)(F)F)C(F)(F)F)C(F)(F)F. The Bertz CT molecular complexity index is 1080. The van der Waals surface area contributed by atoms with Crippen LogP contribution in [0.15, 0.2) is 0 Å². The molecule has 33 heteroatoms. The number of hydrogen-bond donors (Lipinski definition) is 0. The van der Waals surface area contributed by atoms with Crippen LogP contribution in [0.5, 0.6) is 0 Å². The monoisotopic (exact) mass is 784 g/mol. The first-order chi connectivity index (χ1) is 19.7. The lowest BCUT2D eigenvalue weighted by atomic mass is 10.2. The van der Waals surface area contributed by atoms with Crippen molar-refractivity contribution in [1.82, 2.24) is 0 Å². The van der Waals surface area contributed by atoms with Crippen molar-refractivity contribution in [2.45, 2.75) is 85.2 Å². The van der Waals surface area contributed by atoms with Gasteiger partial charge in [-0.05, 0) is 0 Å². The maximum Gasteiger partial charge on any atom is 0.462 e. The molecule has 0 aliphatic heterocycles. The van der Waals surface area contributed by atoms with Gasteiger partial charge >= 0.3 is 78.8 Å². The molecule has 0 bridgehead atoms. The Morgan fingerprint density at radius 3 is 0.745 bits per heavy atom. The molecule has 4 nitrogen and oxygen atoms in total. The zero-order valence-corrected chi connectivity index (χ0v) is 19.7. The molecule has 0 saturated heterocycles. The lowest BCUT2D eigenvalue weighted by Crippen LogP contribution is -2.71. The van der Waals surface area contributed by atoms with Gasteiger partial charge < -0.3 is 0 Å². The van der Waals surface area contributed by atoms with Gasteiger partial charge in [0.1, 0.15) is 0 Å². The topological polar surface area (TPSA) is 36.9 Å². The quantitative estimate of drug-likeness (QED) is 0.185. The Morgan fingerprint density at radius 2 is 0.532 bits per heavy atom. The Morgan fingerprint density at radius 1 is 0.298 bits per heavy atom. The molecule has 284 valence electrons. The summed E-state index contributed by atoms with van der Waals surface area (Å²) in [5.74, 6) is -35.1. The summed E-state index contributed by atoms with van der Waals surface area (Å²) in [7, 11) is 0. The van der Waals surface area contributed by atoms with Gasteiger partial charge in [0.2, 0.25) is 0 Å². The molecule has 0 aliphatic rings. The molecule has 0 aliphatic carbocycles. The second-order valence-corrected chi connectivity index (χ2v) is 7.70. The largest absolute Gasteiger partial charge is 0.462 e. The molecular formula is C14HF29O4. The van der Waals surface area contributed by atoms with Gasteiger partial charge in [-0.15, -0.1) is 0 Å². The fourth-order valence-corrected chi connectivity index (χ4v) is 2.01. The maximum absolute atomic E-state index is 14.2. The van der Waals surface area contributed by atoms with Crippen molar-refractivity contribution in [2.24, 2.45) is 0 Å². The van der Waals surface area contributed by atoms with E-state index in [1.807, 2.05) is 0 Å². The highest BCUT2D eigenvalue weighted by molar-refractivity contribution is 4.98. The zero-order chi connectivity index (χ0) is 38.9. The standard InChI is InChI=1S/C14HF29O4/c15-1(2(16,17)18)44-12(38,39)4(21,8(27,28)29)46-14(42,43)6(23,10(33,34)35)47-13(40,41)5(22,9(30,31)32)45-11(36,37)3(19,20)7(24,25)26/h1H/t1-,4-,5-,6-/m0/s1. The lowest BCUT2D eigenvalue weighted by Gasteiger charge is -2.43. The van der Waals surface area contributed by atoms with E-state index in [-0.39, 0.29) is 0 Å². The van der Waals surface area contributed by atoms with E-state index in [1.165, 1.54) is 4.74 Å². The van der Waals surface area contributed by atoms with Crippen LogP contribution in [0.3, 0.4) is 0 Å². The van der Waals surface area contributed by atoms with Crippen LogP contribution in [0.2, 0.25) is 0 Å². The van der Waals surface area contributed by atoms with Crippen LogP contribution in [0.1, 0.15) is 0 Å². The molecule has 0 N–H and O–H groups in total. The summed E-state index contributed by atoms with van der Waals surface area (Å²) in [6.45, 7) is 0. The molecule has 4 atom stereocenters. The molecule has 0 spiro atoms. The Labute approximate surface area is 233 Å². The zero-order valence-electron chi connectivity index (χ0n) is 19.7. The summed E-state index contributed by atoms with van der Waals surface area (Å²) in [5, 5.41) is 0. The van der Waals surface area contributed by atoms with Crippen molar-refractivity contribution in [1.29, 1.82) is 0 Å². The number of rotatable bonds is 12. The van der Waals surface area contributed by atoms with Gasteiger partial charge in [0.05, 0.1) is 0 Å². The van der Waals surface area contributed by atoms with Crippen molar-refractivity contribution in [2.75, 3.05) is 0 Å². The second-order valence-electron chi connectivity index (χ2n) is 7.70. The second kappa shape index (κ2) is 11.7. The highest BCUT2D eigenvalue weighted by Crippen LogP contribution is 2.60. The molecule has 0 aromatic carbocycles. The van der Waals surface area contributed by atoms with E-state index in [1.54, 1.807) is 0 Å². The molecule has 0 fully saturated rings. The third-order valence-corrected chi connectivity index (χ3v) is 4.25. The third-order valence-electron chi connectivity index (χ3n) is 4.25. The minimum absolute atomic E-state index is 0.844. The van der Waals surface area contributed by atoms with Gasteiger partial charge in [-0.2, -0.15) is 123 Å². The average molecular weight is 784 g/mol. The third kappa shape index (κ3) is 7.84. The van der Waals surface area contributed by atoms with E-state index >= 15 is 0 Å². The van der Waals surface area contributed by atoms with Crippen molar-refractivity contribution in [3.05, 3.63) is 0 Å². The molecule has 0 unspecified atom stereocenters. The molecule has 0 saturated carbocycles. The molecule has 0 aromatic heterocycles. The van der Waals surface area contributed by atoms with Gasteiger partial charge in [0.15, 0.2) is 0 Å². The van der Waals surface area contributed by atoms with E-state index in [4.69, 9.17) is 0 Å². The highest BCUT2D eigenvalue weighted by Gasteiger charge is 2.89. The predicted molar refractivity (Wildman–Crippen MR) is 75.8 cm³/mol. The molecule has 47 heavy (non-hydrogen) atoms. The number of alkyl halides is 29. The molecule has 0 heterocycles. The normalized spacial score (nSPS) is 20.4. The first-order valence-corrected chi connectivity index (χ1v) is 9.46. The molecular weight excluding hydrogens is 783 g/mol. The fraction of sp³-hybridized carbons (Fsp3) is 1.00. The van der Waals surface area contributed by atoms with E-state index in [0.717, 1.165) is 14.2 Å². The van der Waals surface area contributed by atoms with Crippen LogP contribution in [0.25, 0.3) is 0 Å². The Balaban J connectivity index is 7.48. The van der Waals surface area contributed by atoms with Crippen LogP contribution >= 0.6 is 0 Å². The maximum atomic E-state index is 14.2. The summed E-state index contributed by atoms with van der Waals surface area (Å²) in [6, 6.07) is 0. The van der Waals surface area contributed by atoms with E-state index in [0.29, 0.717) is 0 Å². The van der Waals surface area contributed by atoms with Gasteiger partial charge in [-0.25, -0.2) is 4.39 Å². The highest BCUT2D eigenvalue weighted by atomic mass is 19.4. The summed E-state index contributed by atoms with van der Waals surface area (Å²) < 4.78 is 381. The first kappa shape index (κ1) is 44.8. The van der Waals surface area contributed by atoms with E-state index in [2.05, 4.69) is 0 Å². The van der Waals surface area contributed by atoms with Crippen LogP contribution in [-0.2, 0) is 18.9 Å². The Kier molecular flexibility index (Phi) is 11.2. The Hall–Kier alpha value is -2.19. The predicted octanol–water partition coefficient (Wildman–Crippen LogP) is 9.16. The van der Waals surface area contributed by atoms with E-state index < -0.39 is 85.2 Å². The van der Waals surface area contributed by atoms with Crippen LogP contribution in [0, 0.1) is 0 Å². The molecule has 0 radical (unpaired) electrons. The minimum Gasteiger partial charge on any atom is -0.272 e. The number of hydrogen-bond acceptors (Lipinski definition) is 4. The van der Waals surface area contributed by atoms with E-state index in [9.17, 15) is 127 Å². The molecule has 0 amide bonds. The van der Waals surface area contributed by atoms with Crippen molar-refractivity contribution in [3.63, 3.8) is 0 Å². The summed E-state index contributed by atoms with van der Waals surface area (Å²) in [4.78, 5) is 0. The van der Waals surface area contributed by atoms with Gasteiger partial charge in [-0.3, -0.25) is 18.9 Å². The molecule has 0 rings (SSSR count). The molecule has 0 aromatic rings. The average Bonchev–Trinajstić information content (AvgIpc) is 2.73. The summed E-state index contributed by atoms with van der Waals surface area (Å²) in [5.41, 5.74) is 0. The number of ether oxygens (including phenoxy) is 4. The van der Waals surface area contributed by atoms with Crippen molar-refractivity contribution < 1.29 is 146 Å². The van der Waals surface area contributed by atoms with Gasteiger partial charge in [0, 0.05) is 0 Å². The van der Waals surface area contributed by atoms with Crippen LogP contribution in [0.4, 0.5) is 127 Å². The van der Waals surface area contributed by atoms with Gasteiger partial charge in [0.25, 0.3) is 6.36 Å². The van der Waals surface area contributed by atoms with Gasteiger partial charge in [-0.1, -0.05) is 0 Å². The fourth-order valence-electron chi connectivity index (χ4n) is 2.01. The van der Waals surface area contributed by atoms with Crippen molar-refractivity contribution in [3.8, 4) is 0 Å². The lowest BCUT2D eigenvalue weighted by molar-refractivity contribution is -0.590. The van der Waals surface area contributed by atoms with Crippen LogP contribution < -0.4 is 0 Å². The van der Waals surface area contributed by atoms with Crippen molar-refractivity contribution >= 4 is 0 Å². The minimum atomic E-state index is -9.13. The smallest absolute Gasteiger partial charge is 0.272 e. The number of halogens is 29. The summed E-state index contributed by atoms with van der Waals surface area (Å²) >= 11 is 0.